The lowest BCUT2D eigenvalue weighted by Gasteiger charge is -2.09. The molecule has 1 aliphatic heterocycles. The predicted octanol–water partition coefficient (Wildman–Crippen LogP) is 5.07. The molecule has 0 fully saturated rings. The van der Waals surface area contributed by atoms with Crippen LogP contribution in [0.3, 0.4) is 0 Å². The Labute approximate surface area is 156 Å². The molecule has 2 aromatic carbocycles. The summed E-state index contributed by atoms with van der Waals surface area (Å²) >= 11 is 0. The van der Waals surface area contributed by atoms with Crippen LogP contribution >= 0.6 is 0 Å². The smallest absolute Gasteiger partial charge is 0.339 e. The summed E-state index contributed by atoms with van der Waals surface area (Å²) in [6.07, 6.45) is 2.61. The van der Waals surface area contributed by atoms with Crippen LogP contribution in [-0.2, 0) is 4.74 Å². The first-order valence-electron chi connectivity index (χ1n) is 9.08. The molecule has 5 heteroatoms. The third kappa shape index (κ3) is 2.99. The number of rotatable bonds is 6. The van der Waals surface area contributed by atoms with Crippen molar-refractivity contribution in [3.63, 3.8) is 0 Å². The maximum Gasteiger partial charge on any atom is 0.339 e. The number of carbonyl (C=O) groups excluding carboxylic acids is 2. The Balaban J connectivity index is 1.71. The molecule has 2 heterocycles. The standard InChI is InChI=1S/C22H20O5/c1-3-4-5-17-15-10-11-18-16(20(15)22(24)27-17)12-19(26-18)21(23)13-6-8-14(25-2)9-7-13/h6-12,17H,3-5H2,1-2H3. The Bertz CT molecular complexity index is 1010. The largest absolute Gasteiger partial charge is 0.497 e. The Morgan fingerprint density at radius 2 is 1.93 bits per heavy atom. The minimum absolute atomic E-state index is 0.202. The second-order valence-electron chi connectivity index (χ2n) is 6.65. The zero-order chi connectivity index (χ0) is 19.0. The van der Waals surface area contributed by atoms with E-state index in [1.54, 1.807) is 43.5 Å². The summed E-state index contributed by atoms with van der Waals surface area (Å²) in [6, 6.07) is 12.1. The Kier molecular flexibility index (Phi) is 4.44. The SMILES string of the molecule is CCCCC1OC(=O)c2c1ccc1oc(C(=O)c3ccc(OC)cc3)cc21. The van der Waals surface area contributed by atoms with Gasteiger partial charge in [0, 0.05) is 16.5 Å². The summed E-state index contributed by atoms with van der Waals surface area (Å²) in [7, 11) is 1.57. The molecule has 0 spiro atoms. The Morgan fingerprint density at radius 3 is 2.63 bits per heavy atom. The highest BCUT2D eigenvalue weighted by Gasteiger charge is 2.33. The average molecular weight is 364 g/mol. The van der Waals surface area contributed by atoms with Crippen LogP contribution in [0.5, 0.6) is 5.75 Å². The number of ketones is 1. The maximum atomic E-state index is 12.8. The van der Waals surface area contributed by atoms with E-state index in [9.17, 15) is 9.59 Å². The first-order valence-corrected chi connectivity index (χ1v) is 9.08. The number of hydrogen-bond acceptors (Lipinski definition) is 5. The van der Waals surface area contributed by atoms with E-state index < -0.39 is 0 Å². The number of esters is 1. The predicted molar refractivity (Wildman–Crippen MR) is 100 cm³/mol. The molecule has 1 atom stereocenters. The molecule has 0 aliphatic carbocycles. The molecule has 138 valence electrons. The van der Waals surface area contributed by atoms with E-state index >= 15 is 0 Å². The summed E-state index contributed by atoms with van der Waals surface area (Å²) in [5.41, 5.74) is 2.41. The molecule has 1 unspecified atom stereocenters. The zero-order valence-corrected chi connectivity index (χ0v) is 15.3. The van der Waals surface area contributed by atoms with E-state index in [1.807, 2.05) is 6.07 Å². The number of hydrogen-bond donors (Lipinski definition) is 0. The lowest BCUT2D eigenvalue weighted by Crippen LogP contribution is -1.99. The highest BCUT2D eigenvalue weighted by molar-refractivity contribution is 6.12. The van der Waals surface area contributed by atoms with Crippen molar-refractivity contribution in [1.82, 2.24) is 0 Å². The van der Waals surface area contributed by atoms with Gasteiger partial charge in [0.15, 0.2) is 5.76 Å². The van der Waals surface area contributed by atoms with Crippen molar-refractivity contribution in [2.75, 3.05) is 7.11 Å². The number of cyclic esters (lactones) is 1. The summed E-state index contributed by atoms with van der Waals surface area (Å²) in [6.45, 7) is 2.11. The van der Waals surface area contributed by atoms with Crippen molar-refractivity contribution in [2.24, 2.45) is 0 Å². The number of furan rings is 1. The van der Waals surface area contributed by atoms with Crippen molar-refractivity contribution >= 4 is 22.7 Å². The van der Waals surface area contributed by atoms with E-state index in [1.165, 1.54) is 0 Å². The lowest BCUT2D eigenvalue weighted by molar-refractivity contribution is 0.0365. The van der Waals surface area contributed by atoms with Crippen LogP contribution < -0.4 is 4.74 Å². The van der Waals surface area contributed by atoms with E-state index in [0.29, 0.717) is 27.8 Å². The van der Waals surface area contributed by atoms with Crippen molar-refractivity contribution in [3.8, 4) is 5.75 Å². The quantitative estimate of drug-likeness (QED) is 0.451. The third-order valence-electron chi connectivity index (χ3n) is 4.93. The highest BCUT2D eigenvalue weighted by atomic mass is 16.5. The third-order valence-corrected chi connectivity index (χ3v) is 4.93. The molecular formula is C22H20O5. The zero-order valence-electron chi connectivity index (χ0n) is 15.3. The van der Waals surface area contributed by atoms with Crippen LogP contribution in [0.15, 0.2) is 46.9 Å². The van der Waals surface area contributed by atoms with Gasteiger partial charge in [-0.05, 0) is 49.2 Å². The number of ether oxygens (including phenoxy) is 2. The average Bonchev–Trinajstić information content (AvgIpc) is 3.26. The number of benzene rings is 2. The van der Waals surface area contributed by atoms with Crippen LogP contribution in [-0.4, -0.2) is 18.9 Å². The molecule has 0 N–H and O–H groups in total. The molecule has 0 saturated heterocycles. The van der Waals surface area contributed by atoms with Gasteiger partial charge in [-0.25, -0.2) is 4.79 Å². The van der Waals surface area contributed by atoms with Crippen LogP contribution in [0.4, 0.5) is 0 Å². The molecule has 0 amide bonds. The molecule has 0 radical (unpaired) electrons. The van der Waals surface area contributed by atoms with Gasteiger partial charge in [0.05, 0.1) is 12.7 Å². The summed E-state index contributed by atoms with van der Waals surface area (Å²) in [5, 5.41) is 0.633. The monoisotopic (exact) mass is 364 g/mol. The molecule has 1 aromatic heterocycles. The van der Waals surface area contributed by atoms with Gasteiger partial charge >= 0.3 is 5.97 Å². The molecule has 5 nitrogen and oxygen atoms in total. The minimum atomic E-state index is -0.346. The van der Waals surface area contributed by atoms with E-state index in [-0.39, 0.29) is 23.6 Å². The van der Waals surface area contributed by atoms with E-state index in [2.05, 4.69) is 6.92 Å². The van der Waals surface area contributed by atoms with Gasteiger partial charge in [0.2, 0.25) is 5.78 Å². The van der Waals surface area contributed by atoms with Crippen LogP contribution in [0.1, 0.15) is 64.3 Å². The minimum Gasteiger partial charge on any atom is -0.497 e. The second-order valence-corrected chi connectivity index (χ2v) is 6.65. The van der Waals surface area contributed by atoms with E-state index in [4.69, 9.17) is 13.9 Å². The van der Waals surface area contributed by atoms with Gasteiger partial charge in [0.25, 0.3) is 0 Å². The molecule has 4 rings (SSSR count). The van der Waals surface area contributed by atoms with Gasteiger partial charge in [-0.15, -0.1) is 0 Å². The summed E-state index contributed by atoms with van der Waals surface area (Å²) < 4.78 is 16.4. The molecule has 0 bridgehead atoms. The Hall–Kier alpha value is -3.08. The highest BCUT2D eigenvalue weighted by Crippen LogP contribution is 2.39. The molecule has 1 aliphatic rings. The first-order chi connectivity index (χ1) is 13.1. The lowest BCUT2D eigenvalue weighted by atomic mass is 9.98. The molecule has 0 saturated carbocycles. The van der Waals surface area contributed by atoms with Gasteiger partial charge < -0.3 is 13.9 Å². The van der Waals surface area contributed by atoms with Crippen LogP contribution in [0.2, 0.25) is 0 Å². The molecule has 3 aromatic rings. The number of methoxy groups -OCH3 is 1. The van der Waals surface area contributed by atoms with Crippen LogP contribution in [0.25, 0.3) is 11.0 Å². The van der Waals surface area contributed by atoms with Gasteiger partial charge in [-0.1, -0.05) is 19.4 Å². The fourth-order valence-electron chi connectivity index (χ4n) is 3.48. The number of fused-ring (bicyclic) bond motifs is 3. The van der Waals surface area contributed by atoms with Crippen molar-refractivity contribution in [3.05, 3.63) is 64.9 Å². The van der Waals surface area contributed by atoms with E-state index in [0.717, 1.165) is 24.8 Å². The Morgan fingerprint density at radius 1 is 1.15 bits per heavy atom. The van der Waals surface area contributed by atoms with Crippen molar-refractivity contribution in [2.45, 2.75) is 32.3 Å². The number of unbranched alkanes of at least 4 members (excludes halogenated alkanes) is 1. The van der Waals surface area contributed by atoms with Gasteiger partial charge in [0.1, 0.15) is 17.4 Å². The topological polar surface area (TPSA) is 65.7 Å². The number of carbonyl (C=O) groups is 2. The summed E-state index contributed by atoms with van der Waals surface area (Å²) in [5.74, 6) is 0.292. The van der Waals surface area contributed by atoms with Gasteiger partial charge in [-0.2, -0.15) is 0 Å². The fraction of sp³-hybridized carbons (Fsp3) is 0.273. The van der Waals surface area contributed by atoms with Crippen molar-refractivity contribution < 1.29 is 23.5 Å². The second kappa shape index (κ2) is 6.91. The first kappa shape index (κ1) is 17.3. The summed E-state index contributed by atoms with van der Waals surface area (Å²) in [4.78, 5) is 25.2. The fourth-order valence-corrected chi connectivity index (χ4v) is 3.48. The van der Waals surface area contributed by atoms with Crippen LogP contribution in [0, 0.1) is 0 Å². The van der Waals surface area contributed by atoms with Gasteiger partial charge in [-0.3, -0.25) is 4.79 Å². The normalized spacial score (nSPS) is 15.6. The maximum absolute atomic E-state index is 12.8. The molecular weight excluding hydrogens is 344 g/mol. The molecule has 27 heavy (non-hydrogen) atoms. The van der Waals surface area contributed by atoms with Crippen molar-refractivity contribution in [1.29, 1.82) is 0 Å².